The number of morpholine rings is 1. The number of hydrogen-bond donors (Lipinski definition) is 1. The molecule has 4 heteroatoms. The lowest BCUT2D eigenvalue weighted by Gasteiger charge is -2.39. The quantitative estimate of drug-likeness (QED) is 0.819. The Kier molecular flexibility index (Phi) is 3.55. The van der Waals surface area contributed by atoms with E-state index in [1.54, 1.807) is 0 Å². The number of ether oxygens (including phenoxy) is 1. The van der Waals surface area contributed by atoms with Crippen LogP contribution in [-0.2, 0) is 4.74 Å². The molecular formula is C15H25N3O. The summed E-state index contributed by atoms with van der Waals surface area (Å²) in [6, 6.07) is 3.52. The summed E-state index contributed by atoms with van der Waals surface area (Å²) in [5.41, 5.74) is -0.377. The van der Waals surface area contributed by atoms with Gasteiger partial charge in [-0.3, -0.25) is 10.2 Å². The summed E-state index contributed by atoms with van der Waals surface area (Å²) in [4.78, 5) is 2.52. The minimum atomic E-state index is -0.377. The molecular weight excluding hydrogens is 238 g/mol. The Bertz CT molecular complexity index is 364. The number of likely N-dealkylation sites (tertiary alicyclic amines) is 1. The van der Waals surface area contributed by atoms with Gasteiger partial charge in [-0.15, -0.1) is 0 Å². The van der Waals surface area contributed by atoms with E-state index in [0.717, 1.165) is 19.5 Å². The van der Waals surface area contributed by atoms with Gasteiger partial charge in [0.1, 0.15) is 5.54 Å². The Morgan fingerprint density at radius 1 is 1.32 bits per heavy atom. The van der Waals surface area contributed by atoms with Gasteiger partial charge < -0.3 is 4.74 Å². The molecule has 3 fully saturated rings. The molecule has 19 heavy (non-hydrogen) atoms. The maximum absolute atomic E-state index is 9.47. The highest BCUT2D eigenvalue weighted by Crippen LogP contribution is 2.30. The lowest BCUT2D eigenvalue weighted by Crippen LogP contribution is -2.52. The first-order valence-electron chi connectivity index (χ1n) is 7.66. The third-order valence-electron chi connectivity index (χ3n) is 4.75. The average molecular weight is 263 g/mol. The van der Waals surface area contributed by atoms with Gasteiger partial charge in [0.05, 0.1) is 18.3 Å². The first-order chi connectivity index (χ1) is 9.08. The molecule has 2 aliphatic heterocycles. The van der Waals surface area contributed by atoms with Crippen molar-refractivity contribution in [2.75, 3.05) is 13.1 Å². The Morgan fingerprint density at radius 2 is 1.95 bits per heavy atom. The van der Waals surface area contributed by atoms with Crippen LogP contribution in [0.2, 0.25) is 0 Å². The summed E-state index contributed by atoms with van der Waals surface area (Å²) >= 11 is 0. The molecule has 106 valence electrons. The lowest BCUT2D eigenvalue weighted by atomic mass is 9.94. The van der Waals surface area contributed by atoms with Crippen molar-refractivity contribution in [1.82, 2.24) is 10.2 Å². The molecule has 4 atom stereocenters. The molecule has 0 aromatic heterocycles. The van der Waals surface area contributed by atoms with Crippen molar-refractivity contribution in [2.24, 2.45) is 0 Å². The fourth-order valence-corrected chi connectivity index (χ4v) is 3.54. The first kappa shape index (κ1) is 13.4. The molecule has 3 rings (SSSR count). The molecule has 3 aliphatic rings. The Morgan fingerprint density at radius 3 is 2.47 bits per heavy atom. The zero-order chi connectivity index (χ0) is 13.5. The molecule has 0 amide bonds. The Balaban J connectivity index is 1.57. The van der Waals surface area contributed by atoms with E-state index < -0.39 is 0 Å². The summed E-state index contributed by atoms with van der Waals surface area (Å²) in [5, 5.41) is 13.0. The van der Waals surface area contributed by atoms with E-state index in [1.165, 1.54) is 25.7 Å². The first-order valence-corrected chi connectivity index (χ1v) is 7.66. The molecule has 2 saturated heterocycles. The van der Waals surface area contributed by atoms with Gasteiger partial charge in [-0.2, -0.15) is 5.26 Å². The van der Waals surface area contributed by atoms with Crippen LogP contribution in [0.1, 0.15) is 46.0 Å². The standard InChI is InChI=1S/C15H25N3O/c1-11(7-15(2,10-16)17-12-3-4-12)18-8-13-5-6-14(9-18)19-13/h11-14,17H,3-9H2,1-2H3. The predicted molar refractivity (Wildman–Crippen MR) is 73.7 cm³/mol. The van der Waals surface area contributed by atoms with Crippen molar-refractivity contribution in [3.8, 4) is 6.07 Å². The van der Waals surface area contributed by atoms with Crippen LogP contribution in [0.4, 0.5) is 0 Å². The predicted octanol–water partition coefficient (Wildman–Crippen LogP) is 1.66. The monoisotopic (exact) mass is 263 g/mol. The lowest BCUT2D eigenvalue weighted by molar-refractivity contribution is -0.0531. The number of rotatable bonds is 5. The molecule has 2 heterocycles. The van der Waals surface area contributed by atoms with Crippen molar-refractivity contribution in [3.05, 3.63) is 0 Å². The molecule has 0 aromatic rings. The van der Waals surface area contributed by atoms with E-state index >= 15 is 0 Å². The van der Waals surface area contributed by atoms with Crippen LogP contribution in [0, 0.1) is 11.3 Å². The van der Waals surface area contributed by atoms with Gasteiger partial charge in [0.2, 0.25) is 0 Å². The highest BCUT2D eigenvalue weighted by molar-refractivity contribution is 5.09. The molecule has 1 N–H and O–H groups in total. The van der Waals surface area contributed by atoms with Gasteiger partial charge in [0, 0.05) is 25.2 Å². The smallest absolute Gasteiger partial charge is 0.105 e. The Hall–Kier alpha value is -0.630. The van der Waals surface area contributed by atoms with Crippen molar-refractivity contribution in [2.45, 2.75) is 75.8 Å². The normalized spacial score (nSPS) is 35.6. The number of fused-ring (bicyclic) bond motifs is 2. The van der Waals surface area contributed by atoms with E-state index in [9.17, 15) is 5.26 Å². The molecule has 4 nitrogen and oxygen atoms in total. The van der Waals surface area contributed by atoms with E-state index in [0.29, 0.717) is 24.3 Å². The molecule has 1 aliphatic carbocycles. The topological polar surface area (TPSA) is 48.3 Å². The molecule has 4 unspecified atom stereocenters. The van der Waals surface area contributed by atoms with Crippen LogP contribution in [-0.4, -0.2) is 47.8 Å². The summed E-state index contributed by atoms with van der Waals surface area (Å²) < 4.78 is 5.89. The maximum Gasteiger partial charge on any atom is 0.105 e. The molecule has 0 spiro atoms. The average Bonchev–Trinajstić information content (AvgIpc) is 3.13. The largest absolute Gasteiger partial charge is 0.372 e. The van der Waals surface area contributed by atoms with Crippen molar-refractivity contribution in [1.29, 1.82) is 5.26 Å². The van der Waals surface area contributed by atoms with E-state index in [4.69, 9.17) is 4.74 Å². The van der Waals surface area contributed by atoms with Crippen LogP contribution in [0.5, 0.6) is 0 Å². The van der Waals surface area contributed by atoms with E-state index in [-0.39, 0.29) is 5.54 Å². The fraction of sp³-hybridized carbons (Fsp3) is 0.933. The molecule has 1 saturated carbocycles. The van der Waals surface area contributed by atoms with Crippen molar-refractivity contribution < 1.29 is 4.74 Å². The van der Waals surface area contributed by atoms with Gasteiger partial charge in [-0.1, -0.05) is 0 Å². The van der Waals surface area contributed by atoms with Gasteiger partial charge in [-0.05, 0) is 46.0 Å². The third kappa shape index (κ3) is 3.10. The van der Waals surface area contributed by atoms with Crippen LogP contribution >= 0.6 is 0 Å². The second kappa shape index (κ2) is 5.05. The Labute approximate surface area is 116 Å². The number of nitriles is 1. The number of nitrogens with zero attached hydrogens (tertiary/aromatic N) is 2. The molecule has 2 bridgehead atoms. The van der Waals surface area contributed by atoms with Crippen molar-refractivity contribution >= 4 is 0 Å². The van der Waals surface area contributed by atoms with Crippen LogP contribution in [0.3, 0.4) is 0 Å². The highest BCUT2D eigenvalue weighted by atomic mass is 16.5. The van der Waals surface area contributed by atoms with Crippen LogP contribution in [0.25, 0.3) is 0 Å². The zero-order valence-electron chi connectivity index (χ0n) is 12.1. The van der Waals surface area contributed by atoms with Gasteiger partial charge in [0.25, 0.3) is 0 Å². The van der Waals surface area contributed by atoms with E-state index in [2.05, 4.69) is 30.1 Å². The number of nitrogens with one attached hydrogen (secondary N) is 1. The third-order valence-corrected chi connectivity index (χ3v) is 4.75. The maximum atomic E-state index is 9.47. The molecule has 0 aromatic carbocycles. The number of hydrogen-bond acceptors (Lipinski definition) is 4. The minimum Gasteiger partial charge on any atom is -0.372 e. The van der Waals surface area contributed by atoms with Gasteiger partial charge in [-0.25, -0.2) is 0 Å². The fourth-order valence-electron chi connectivity index (χ4n) is 3.54. The second-order valence-corrected chi connectivity index (χ2v) is 6.83. The van der Waals surface area contributed by atoms with Crippen LogP contribution in [0.15, 0.2) is 0 Å². The SMILES string of the molecule is CC(CC(C)(C#N)NC1CC1)N1CC2CCC(C1)O2. The summed E-state index contributed by atoms with van der Waals surface area (Å²) in [7, 11) is 0. The summed E-state index contributed by atoms with van der Waals surface area (Å²) in [6.07, 6.45) is 6.66. The second-order valence-electron chi connectivity index (χ2n) is 6.83. The van der Waals surface area contributed by atoms with Crippen molar-refractivity contribution in [3.63, 3.8) is 0 Å². The molecule has 0 radical (unpaired) electrons. The van der Waals surface area contributed by atoms with Crippen LogP contribution < -0.4 is 5.32 Å². The summed E-state index contributed by atoms with van der Waals surface area (Å²) in [5.74, 6) is 0. The summed E-state index contributed by atoms with van der Waals surface area (Å²) in [6.45, 7) is 6.40. The van der Waals surface area contributed by atoms with Gasteiger partial charge >= 0.3 is 0 Å². The van der Waals surface area contributed by atoms with E-state index in [1.807, 2.05) is 0 Å². The zero-order valence-corrected chi connectivity index (χ0v) is 12.1. The highest BCUT2D eigenvalue weighted by Gasteiger charge is 2.39. The van der Waals surface area contributed by atoms with Gasteiger partial charge in [0.15, 0.2) is 0 Å². The minimum absolute atomic E-state index is 0.377.